The van der Waals surface area contributed by atoms with Gasteiger partial charge in [0.25, 0.3) is 0 Å². The molecule has 0 aliphatic carbocycles. The Bertz CT molecular complexity index is 1030. The zero-order valence-corrected chi connectivity index (χ0v) is 20.4. The number of rotatable bonds is 4. The first-order valence-corrected chi connectivity index (χ1v) is 12.2. The molecular formula is C26H34N6O2. The third kappa shape index (κ3) is 5.96. The molecule has 3 heterocycles. The van der Waals surface area contributed by atoms with Gasteiger partial charge in [-0.3, -0.25) is 0 Å². The van der Waals surface area contributed by atoms with Crippen molar-refractivity contribution in [2.75, 3.05) is 36.4 Å². The molecule has 0 bridgehead atoms. The zero-order chi connectivity index (χ0) is 24.1. The molecule has 34 heavy (non-hydrogen) atoms. The largest absolute Gasteiger partial charge is 0.444 e. The molecule has 2 aliphatic rings. The highest BCUT2D eigenvalue weighted by Gasteiger charge is 2.27. The molecule has 0 radical (unpaired) electrons. The van der Waals surface area contributed by atoms with E-state index in [-0.39, 0.29) is 6.09 Å². The fourth-order valence-electron chi connectivity index (χ4n) is 4.52. The van der Waals surface area contributed by atoms with Crippen molar-refractivity contribution in [2.24, 2.45) is 0 Å². The summed E-state index contributed by atoms with van der Waals surface area (Å²) in [5.74, 6) is 1.71. The van der Waals surface area contributed by atoms with Gasteiger partial charge in [-0.1, -0.05) is 12.1 Å². The van der Waals surface area contributed by atoms with E-state index in [4.69, 9.17) is 9.72 Å². The number of likely N-dealkylation sites (tertiary alicyclic amines) is 1. The highest BCUT2D eigenvalue weighted by molar-refractivity contribution is 5.68. The van der Waals surface area contributed by atoms with Gasteiger partial charge in [0.2, 0.25) is 0 Å². The summed E-state index contributed by atoms with van der Waals surface area (Å²) in [4.78, 5) is 25.4. The number of benzene rings is 1. The topological polar surface area (TPSA) is 94.4 Å². The zero-order valence-electron chi connectivity index (χ0n) is 20.4. The number of carbonyl (C=O) groups is 1. The Kier molecular flexibility index (Phi) is 7.20. The minimum Gasteiger partial charge on any atom is -0.444 e. The minimum atomic E-state index is -0.472. The van der Waals surface area contributed by atoms with Crippen LogP contribution in [0.3, 0.4) is 0 Å². The molecule has 0 spiro atoms. The summed E-state index contributed by atoms with van der Waals surface area (Å²) in [6.45, 7) is 9.02. The second kappa shape index (κ2) is 10.3. The highest BCUT2D eigenvalue weighted by atomic mass is 16.6. The molecule has 8 nitrogen and oxygen atoms in total. The maximum atomic E-state index is 12.3. The lowest BCUT2D eigenvalue weighted by Gasteiger charge is -2.33. The first kappa shape index (κ1) is 23.8. The van der Waals surface area contributed by atoms with Crippen molar-refractivity contribution >= 4 is 23.4 Å². The van der Waals surface area contributed by atoms with Crippen LogP contribution in [0.2, 0.25) is 0 Å². The Balaban J connectivity index is 1.38. The van der Waals surface area contributed by atoms with Crippen LogP contribution < -0.4 is 10.2 Å². The summed E-state index contributed by atoms with van der Waals surface area (Å²) < 4.78 is 5.50. The highest BCUT2D eigenvalue weighted by Crippen LogP contribution is 2.30. The molecule has 1 N–H and O–H groups in total. The van der Waals surface area contributed by atoms with Crippen molar-refractivity contribution in [3.05, 3.63) is 41.7 Å². The molecular weight excluding hydrogens is 428 g/mol. The van der Waals surface area contributed by atoms with Gasteiger partial charge >= 0.3 is 6.09 Å². The molecule has 8 heteroatoms. The average molecular weight is 463 g/mol. The van der Waals surface area contributed by atoms with Crippen LogP contribution in [-0.2, 0) is 4.74 Å². The van der Waals surface area contributed by atoms with Crippen molar-refractivity contribution in [3.8, 4) is 6.07 Å². The van der Waals surface area contributed by atoms with Gasteiger partial charge in [0.15, 0.2) is 11.5 Å². The fraction of sp³-hybridized carbons (Fsp3) is 0.538. The molecule has 4 rings (SSSR count). The number of hydrogen-bond donors (Lipinski definition) is 1. The smallest absolute Gasteiger partial charge is 0.410 e. The molecule has 2 aliphatic heterocycles. The normalized spacial score (nSPS) is 17.2. The van der Waals surface area contributed by atoms with Crippen molar-refractivity contribution in [1.29, 1.82) is 5.26 Å². The molecule has 2 saturated heterocycles. The van der Waals surface area contributed by atoms with Crippen molar-refractivity contribution in [1.82, 2.24) is 14.9 Å². The van der Waals surface area contributed by atoms with Crippen LogP contribution in [0.25, 0.3) is 0 Å². The van der Waals surface area contributed by atoms with Crippen LogP contribution >= 0.6 is 0 Å². The summed E-state index contributed by atoms with van der Waals surface area (Å²) in [6, 6.07) is 10.4. The number of amides is 1. The van der Waals surface area contributed by atoms with Gasteiger partial charge in [-0.15, -0.1) is 0 Å². The van der Waals surface area contributed by atoms with Gasteiger partial charge < -0.3 is 19.9 Å². The molecule has 1 aromatic heterocycles. The van der Waals surface area contributed by atoms with E-state index in [2.05, 4.69) is 33.4 Å². The molecule has 0 unspecified atom stereocenters. The van der Waals surface area contributed by atoms with Crippen LogP contribution in [-0.4, -0.2) is 52.7 Å². The van der Waals surface area contributed by atoms with E-state index in [1.54, 1.807) is 11.1 Å². The predicted molar refractivity (Wildman–Crippen MR) is 132 cm³/mol. The first-order chi connectivity index (χ1) is 16.3. The van der Waals surface area contributed by atoms with E-state index in [1.807, 2.05) is 32.9 Å². The molecule has 2 fully saturated rings. The Morgan fingerprint density at radius 2 is 1.76 bits per heavy atom. The Labute approximate surface area is 201 Å². The van der Waals surface area contributed by atoms with E-state index in [0.717, 1.165) is 50.3 Å². The summed E-state index contributed by atoms with van der Waals surface area (Å²) in [6.07, 6.45) is 6.85. The number of anilines is 3. The Hall–Kier alpha value is -3.34. The van der Waals surface area contributed by atoms with Crippen LogP contribution in [0.15, 0.2) is 30.5 Å². The second-order valence-electron chi connectivity index (χ2n) is 10.1. The number of nitrogens with one attached hydrogen (secondary N) is 1. The fourth-order valence-corrected chi connectivity index (χ4v) is 4.52. The van der Waals surface area contributed by atoms with Gasteiger partial charge in [-0.25, -0.2) is 14.8 Å². The van der Waals surface area contributed by atoms with Crippen molar-refractivity contribution < 1.29 is 9.53 Å². The van der Waals surface area contributed by atoms with Gasteiger partial charge in [-0.2, -0.15) is 5.26 Å². The lowest BCUT2D eigenvalue weighted by atomic mass is 9.89. The van der Waals surface area contributed by atoms with Gasteiger partial charge in [0.05, 0.1) is 6.20 Å². The molecule has 1 aromatic carbocycles. The van der Waals surface area contributed by atoms with E-state index in [9.17, 15) is 10.1 Å². The molecule has 0 saturated carbocycles. The monoisotopic (exact) mass is 462 g/mol. The van der Waals surface area contributed by atoms with E-state index < -0.39 is 5.60 Å². The molecule has 2 aromatic rings. The maximum Gasteiger partial charge on any atom is 0.410 e. The van der Waals surface area contributed by atoms with Crippen LogP contribution in [0.4, 0.5) is 22.1 Å². The summed E-state index contributed by atoms with van der Waals surface area (Å²) >= 11 is 0. The number of piperidine rings is 2. The molecule has 180 valence electrons. The maximum absolute atomic E-state index is 12.3. The van der Waals surface area contributed by atoms with Gasteiger partial charge in [0.1, 0.15) is 17.5 Å². The van der Waals surface area contributed by atoms with Crippen LogP contribution in [0, 0.1) is 11.3 Å². The SMILES string of the molecule is CC(C)(C)OC(=O)N1CCC(c2ccc(Nc3nc(N4CCCCC4)cnc3C#N)cc2)CC1. The standard InChI is InChI=1S/C26H34N6O2/c1-26(2,3)34-25(33)32-15-11-20(12-16-32)19-7-9-21(10-8-19)29-24-22(17-27)28-18-23(30-24)31-13-5-4-6-14-31/h7-10,18,20H,4-6,11-16H2,1-3H3,(H,29,30). The van der Waals surface area contributed by atoms with Crippen molar-refractivity contribution in [3.63, 3.8) is 0 Å². The summed E-state index contributed by atoms with van der Waals surface area (Å²) in [7, 11) is 0. The third-order valence-electron chi connectivity index (χ3n) is 6.34. The summed E-state index contributed by atoms with van der Waals surface area (Å²) in [5, 5.41) is 12.8. The number of nitriles is 1. The summed E-state index contributed by atoms with van der Waals surface area (Å²) in [5.41, 5.74) is 1.94. The predicted octanol–water partition coefficient (Wildman–Crippen LogP) is 5.20. The number of carbonyl (C=O) groups excluding carboxylic acids is 1. The van der Waals surface area contributed by atoms with Crippen molar-refractivity contribution in [2.45, 2.75) is 64.4 Å². The first-order valence-electron chi connectivity index (χ1n) is 12.2. The second-order valence-corrected chi connectivity index (χ2v) is 10.1. The number of nitrogens with zero attached hydrogens (tertiary/aromatic N) is 5. The van der Waals surface area contributed by atoms with E-state index >= 15 is 0 Å². The quantitative estimate of drug-likeness (QED) is 0.667. The average Bonchev–Trinajstić information content (AvgIpc) is 2.84. The van der Waals surface area contributed by atoms with Crippen LogP contribution in [0.1, 0.15) is 70.1 Å². The molecule has 0 atom stereocenters. The lowest BCUT2D eigenvalue weighted by Crippen LogP contribution is -2.41. The number of hydrogen-bond acceptors (Lipinski definition) is 7. The van der Waals surface area contributed by atoms with Gasteiger partial charge in [0, 0.05) is 31.9 Å². The third-order valence-corrected chi connectivity index (χ3v) is 6.34. The van der Waals surface area contributed by atoms with E-state index in [1.165, 1.54) is 12.0 Å². The van der Waals surface area contributed by atoms with Gasteiger partial charge in [-0.05, 0) is 76.5 Å². The number of aromatic nitrogens is 2. The Morgan fingerprint density at radius 3 is 2.38 bits per heavy atom. The Morgan fingerprint density at radius 1 is 1.09 bits per heavy atom. The van der Waals surface area contributed by atoms with E-state index in [0.29, 0.717) is 30.5 Å². The minimum absolute atomic E-state index is 0.230. The molecule has 1 amide bonds. The lowest BCUT2D eigenvalue weighted by molar-refractivity contribution is 0.0205. The van der Waals surface area contributed by atoms with Crippen LogP contribution in [0.5, 0.6) is 0 Å². The number of ether oxygens (including phenoxy) is 1.